The molecule has 0 unspecified atom stereocenters. The molecular weight excluding hydrogens is 212 g/mol. The Morgan fingerprint density at radius 2 is 1.65 bits per heavy atom. The smallest absolute Gasteiger partial charge is 0.140 e. The first kappa shape index (κ1) is 11.0. The van der Waals surface area contributed by atoms with Crippen molar-refractivity contribution in [2.24, 2.45) is 0 Å². The van der Waals surface area contributed by atoms with Crippen LogP contribution in [-0.4, -0.2) is 5.11 Å². The van der Waals surface area contributed by atoms with E-state index in [1.54, 1.807) is 24.3 Å². The lowest BCUT2D eigenvalue weighted by Gasteiger charge is -2.13. The molecule has 0 aliphatic heterocycles. The van der Waals surface area contributed by atoms with E-state index in [4.69, 9.17) is 5.26 Å². The first-order valence-corrected chi connectivity index (χ1v) is 5.30. The molecule has 0 aliphatic carbocycles. The summed E-state index contributed by atoms with van der Waals surface area (Å²) in [5, 5.41) is 21.5. The predicted octanol–water partition coefficient (Wildman–Crippen LogP) is 3.07. The van der Waals surface area contributed by atoms with E-state index >= 15 is 0 Å². The Hall–Kier alpha value is -2.47. The van der Waals surface area contributed by atoms with Crippen LogP contribution in [0, 0.1) is 11.3 Å². The Balaban J connectivity index is 2.18. The molecule has 3 nitrogen and oxygen atoms in total. The molecule has 84 valence electrons. The van der Waals surface area contributed by atoms with Crippen molar-refractivity contribution in [1.82, 2.24) is 0 Å². The highest BCUT2D eigenvalue weighted by Gasteiger charge is 2.09. The molecule has 0 spiro atoms. The molecule has 0 saturated carbocycles. The number of anilines is 1. The van der Waals surface area contributed by atoms with Gasteiger partial charge in [-0.25, -0.2) is 0 Å². The highest BCUT2D eigenvalue weighted by molar-refractivity contribution is 5.47. The van der Waals surface area contributed by atoms with Crippen LogP contribution in [-0.2, 0) is 0 Å². The van der Waals surface area contributed by atoms with Gasteiger partial charge in [0, 0.05) is 5.69 Å². The summed E-state index contributed by atoms with van der Waals surface area (Å²) < 4.78 is 0. The molecule has 2 N–H and O–H groups in total. The Labute approximate surface area is 100.0 Å². The van der Waals surface area contributed by atoms with Crippen molar-refractivity contribution >= 4 is 5.69 Å². The van der Waals surface area contributed by atoms with E-state index < -0.39 is 6.04 Å². The number of phenolic OH excluding ortho intramolecular Hbond substituents is 1. The topological polar surface area (TPSA) is 56.0 Å². The molecule has 2 aromatic rings. The summed E-state index contributed by atoms with van der Waals surface area (Å²) in [4.78, 5) is 0. The quantitative estimate of drug-likeness (QED) is 0.842. The number of nitriles is 1. The Kier molecular flexibility index (Phi) is 3.27. The number of rotatable bonds is 3. The maximum atomic E-state index is 9.20. The molecule has 1 atom stereocenters. The van der Waals surface area contributed by atoms with Crippen LogP contribution in [0.4, 0.5) is 5.69 Å². The zero-order valence-corrected chi connectivity index (χ0v) is 9.17. The van der Waals surface area contributed by atoms with Crippen molar-refractivity contribution in [2.75, 3.05) is 5.32 Å². The van der Waals surface area contributed by atoms with E-state index in [-0.39, 0.29) is 5.75 Å². The van der Waals surface area contributed by atoms with Crippen LogP contribution in [0.15, 0.2) is 54.6 Å². The van der Waals surface area contributed by atoms with Gasteiger partial charge in [-0.3, -0.25) is 0 Å². The van der Waals surface area contributed by atoms with Crippen LogP contribution >= 0.6 is 0 Å². The summed E-state index contributed by atoms with van der Waals surface area (Å²) in [6, 6.07) is 18.0. The van der Waals surface area contributed by atoms with Gasteiger partial charge in [0.2, 0.25) is 0 Å². The Morgan fingerprint density at radius 1 is 1.00 bits per heavy atom. The third kappa shape index (κ3) is 2.76. The first-order valence-electron chi connectivity index (χ1n) is 5.30. The number of phenols is 1. The summed E-state index contributed by atoms with van der Waals surface area (Å²) in [6.45, 7) is 0. The van der Waals surface area contributed by atoms with Gasteiger partial charge in [0.05, 0.1) is 6.07 Å². The minimum absolute atomic E-state index is 0.199. The number of hydrogen-bond acceptors (Lipinski definition) is 3. The van der Waals surface area contributed by atoms with Crippen LogP contribution in [0.25, 0.3) is 0 Å². The van der Waals surface area contributed by atoms with Crippen molar-refractivity contribution in [3.63, 3.8) is 0 Å². The van der Waals surface area contributed by atoms with Gasteiger partial charge < -0.3 is 10.4 Å². The average molecular weight is 224 g/mol. The first-order chi connectivity index (χ1) is 8.29. The second-order valence-electron chi connectivity index (χ2n) is 3.66. The van der Waals surface area contributed by atoms with E-state index in [0.29, 0.717) is 0 Å². The normalized spacial score (nSPS) is 11.5. The van der Waals surface area contributed by atoms with Gasteiger partial charge in [0.1, 0.15) is 11.8 Å². The highest BCUT2D eigenvalue weighted by Crippen LogP contribution is 2.20. The minimum atomic E-state index is -0.419. The zero-order chi connectivity index (χ0) is 12.1. The molecule has 2 rings (SSSR count). The van der Waals surface area contributed by atoms with E-state index in [9.17, 15) is 5.11 Å². The summed E-state index contributed by atoms with van der Waals surface area (Å²) in [5.41, 5.74) is 1.72. The molecule has 3 heteroatoms. The lowest BCUT2D eigenvalue weighted by Crippen LogP contribution is -2.07. The van der Waals surface area contributed by atoms with Gasteiger partial charge in [-0.15, -0.1) is 0 Å². The lowest BCUT2D eigenvalue weighted by atomic mass is 10.1. The average Bonchev–Trinajstić information content (AvgIpc) is 2.38. The largest absolute Gasteiger partial charge is 0.508 e. The SMILES string of the molecule is N#C[C@H](Nc1ccccc1)c1ccc(O)cc1. The fourth-order valence-electron chi connectivity index (χ4n) is 1.56. The Bertz CT molecular complexity index is 514. The minimum Gasteiger partial charge on any atom is -0.508 e. The summed E-state index contributed by atoms with van der Waals surface area (Å²) in [5.74, 6) is 0.199. The molecule has 0 aliphatic rings. The number of aromatic hydroxyl groups is 1. The monoisotopic (exact) mass is 224 g/mol. The predicted molar refractivity (Wildman–Crippen MR) is 66.5 cm³/mol. The van der Waals surface area contributed by atoms with Gasteiger partial charge >= 0.3 is 0 Å². The third-order valence-corrected chi connectivity index (χ3v) is 2.44. The summed E-state index contributed by atoms with van der Waals surface area (Å²) >= 11 is 0. The van der Waals surface area contributed by atoms with Crippen molar-refractivity contribution in [2.45, 2.75) is 6.04 Å². The van der Waals surface area contributed by atoms with Gasteiger partial charge in [-0.2, -0.15) is 5.26 Å². The van der Waals surface area contributed by atoms with E-state index in [2.05, 4.69) is 11.4 Å². The van der Waals surface area contributed by atoms with Crippen LogP contribution in [0.3, 0.4) is 0 Å². The molecule has 0 heterocycles. The van der Waals surface area contributed by atoms with E-state index in [1.807, 2.05) is 30.3 Å². The van der Waals surface area contributed by atoms with E-state index in [0.717, 1.165) is 11.3 Å². The van der Waals surface area contributed by atoms with Crippen LogP contribution < -0.4 is 5.32 Å². The van der Waals surface area contributed by atoms with Crippen LogP contribution in [0.5, 0.6) is 5.75 Å². The third-order valence-electron chi connectivity index (χ3n) is 2.44. The van der Waals surface area contributed by atoms with Gasteiger partial charge in [-0.05, 0) is 29.8 Å². The number of hydrogen-bond donors (Lipinski definition) is 2. The fraction of sp³-hybridized carbons (Fsp3) is 0.0714. The molecule has 2 aromatic carbocycles. The van der Waals surface area contributed by atoms with Gasteiger partial charge in [0.15, 0.2) is 0 Å². The Morgan fingerprint density at radius 3 is 2.24 bits per heavy atom. The van der Waals surface area contributed by atoms with Crippen molar-refractivity contribution in [3.05, 3.63) is 60.2 Å². The van der Waals surface area contributed by atoms with Crippen LogP contribution in [0.1, 0.15) is 11.6 Å². The maximum Gasteiger partial charge on any atom is 0.140 e. The highest BCUT2D eigenvalue weighted by atomic mass is 16.3. The molecule has 0 bridgehead atoms. The van der Waals surface area contributed by atoms with Crippen molar-refractivity contribution < 1.29 is 5.11 Å². The maximum absolute atomic E-state index is 9.20. The van der Waals surface area contributed by atoms with Gasteiger partial charge in [-0.1, -0.05) is 30.3 Å². The van der Waals surface area contributed by atoms with Crippen LogP contribution in [0.2, 0.25) is 0 Å². The summed E-state index contributed by atoms with van der Waals surface area (Å²) in [6.07, 6.45) is 0. The molecule has 17 heavy (non-hydrogen) atoms. The standard InChI is InChI=1S/C14H12N2O/c15-10-14(11-6-8-13(17)9-7-11)16-12-4-2-1-3-5-12/h1-9,14,16-17H/t14-/m0/s1. The molecule has 0 amide bonds. The number of nitrogens with zero attached hydrogens (tertiary/aromatic N) is 1. The molecule has 0 saturated heterocycles. The molecular formula is C14H12N2O. The number of nitrogens with one attached hydrogen (secondary N) is 1. The second-order valence-corrected chi connectivity index (χ2v) is 3.66. The second kappa shape index (κ2) is 5.04. The van der Waals surface area contributed by atoms with Crippen molar-refractivity contribution in [1.29, 1.82) is 5.26 Å². The molecule has 0 aromatic heterocycles. The van der Waals surface area contributed by atoms with E-state index in [1.165, 1.54) is 0 Å². The fourth-order valence-corrected chi connectivity index (χ4v) is 1.56. The lowest BCUT2D eigenvalue weighted by molar-refractivity contribution is 0.475. The van der Waals surface area contributed by atoms with Crippen molar-refractivity contribution in [3.8, 4) is 11.8 Å². The number of para-hydroxylation sites is 1. The molecule has 0 fully saturated rings. The van der Waals surface area contributed by atoms with Gasteiger partial charge in [0.25, 0.3) is 0 Å². The molecule has 0 radical (unpaired) electrons. The zero-order valence-electron chi connectivity index (χ0n) is 9.17. The number of benzene rings is 2. The summed E-state index contributed by atoms with van der Waals surface area (Å²) in [7, 11) is 0.